The summed E-state index contributed by atoms with van der Waals surface area (Å²) >= 11 is 0. The van der Waals surface area contributed by atoms with E-state index in [0.717, 1.165) is 30.8 Å². The van der Waals surface area contributed by atoms with Gasteiger partial charge in [-0.05, 0) is 61.4 Å². The number of benzene rings is 1. The van der Waals surface area contributed by atoms with Crippen LogP contribution < -0.4 is 10.6 Å². The van der Waals surface area contributed by atoms with Crippen LogP contribution >= 0.6 is 0 Å². The first-order chi connectivity index (χ1) is 7.86. The van der Waals surface area contributed by atoms with E-state index in [0.29, 0.717) is 0 Å². The van der Waals surface area contributed by atoms with Crippen LogP contribution in [0.15, 0.2) is 17.2 Å². The molecule has 0 saturated carbocycles. The molecule has 0 unspecified atom stereocenters. The van der Waals surface area contributed by atoms with Crippen molar-refractivity contribution in [2.75, 3.05) is 6.61 Å². The van der Waals surface area contributed by atoms with Gasteiger partial charge in [-0.3, -0.25) is 0 Å². The minimum absolute atomic E-state index is 0.719. The Hall–Kier alpha value is -1.51. The molecule has 0 heterocycles. The van der Waals surface area contributed by atoms with Crippen molar-refractivity contribution in [1.82, 2.24) is 0 Å². The van der Waals surface area contributed by atoms with Crippen LogP contribution in [0, 0.1) is 0 Å². The molecule has 0 saturated heterocycles. The van der Waals surface area contributed by atoms with Gasteiger partial charge in [0.25, 0.3) is 0 Å². The van der Waals surface area contributed by atoms with E-state index in [1.54, 1.807) is 6.21 Å². The average molecular weight is 218 g/mol. The molecular weight excluding hydrogens is 200 g/mol. The topological polar surface area (TPSA) is 47.6 Å². The summed E-state index contributed by atoms with van der Waals surface area (Å²) in [5.74, 6) is 6.26. The van der Waals surface area contributed by atoms with Crippen molar-refractivity contribution < 1.29 is 4.74 Å². The van der Waals surface area contributed by atoms with E-state index in [4.69, 9.17) is 10.6 Å². The Bertz CT molecular complexity index is 399. The molecule has 0 bridgehead atoms. The monoisotopic (exact) mass is 218 g/mol. The minimum Gasteiger partial charge on any atom is -0.494 e. The standard InChI is InChI=1S/C13H18N2O/c1-2-16-13-8-7-10(9-15-14)11-5-3-4-6-12(11)13/h7-9H,2-6,14H2,1H3. The highest BCUT2D eigenvalue weighted by atomic mass is 16.5. The van der Waals surface area contributed by atoms with Gasteiger partial charge in [0, 0.05) is 0 Å². The third kappa shape index (κ3) is 2.03. The zero-order valence-corrected chi connectivity index (χ0v) is 9.70. The summed E-state index contributed by atoms with van der Waals surface area (Å²) in [7, 11) is 0. The van der Waals surface area contributed by atoms with Crippen LogP contribution in [0.3, 0.4) is 0 Å². The van der Waals surface area contributed by atoms with Gasteiger partial charge in [-0.25, -0.2) is 0 Å². The molecule has 0 aliphatic heterocycles. The number of nitrogens with zero attached hydrogens (tertiary/aromatic N) is 1. The average Bonchev–Trinajstić information content (AvgIpc) is 2.33. The maximum atomic E-state index is 5.66. The predicted molar refractivity (Wildman–Crippen MR) is 66.0 cm³/mol. The lowest BCUT2D eigenvalue weighted by atomic mass is 9.88. The van der Waals surface area contributed by atoms with Crippen molar-refractivity contribution in [3.8, 4) is 5.75 Å². The minimum atomic E-state index is 0.719. The van der Waals surface area contributed by atoms with E-state index in [-0.39, 0.29) is 0 Å². The number of hydrazone groups is 1. The number of rotatable bonds is 3. The SMILES string of the molecule is CCOc1ccc(C=NN)c2c1CCCC2. The van der Waals surface area contributed by atoms with Crippen LogP contribution in [0.4, 0.5) is 0 Å². The van der Waals surface area contributed by atoms with E-state index in [9.17, 15) is 0 Å². The predicted octanol–water partition coefficient (Wildman–Crippen LogP) is 2.26. The highest BCUT2D eigenvalue weighted by Gasteiger charge is 2.16. The van der Waals surface area contributed by atoms with Crippen molar-refractivity contribution in [3.63, 3.8) is 0 Å². The van der Waals surface area contributed by atoms with Gasteiger partial charge in [-0.15, -0.1) is 0 Å². The van der Waals surface area contributed by atoms with E-state index < -0.39 is 0 Å². The first kappa shape index (κ1) is 11.0. The van der Waals surface area contributed by atoms with Gasteiger partial charge in [-0.1, -0.05) is 0 Å². The molecule has 86 valence electrons. The van der Waals surface area contributed by atoms with Crippen LogP contribution in [-0.4, -0.2) is 12.8 Å². The van der Waals surface area contributed by atoms with Crippen LogP contribution in [0.5, 0.6) is 5.75 Å². The van der Waals surface area contributed by atoms with Crippen molar-refractivity contribution >= 4 is 6.21 Å². The summed E-state index contributed by atoms with van der Waals surface area (Å²) in [5.41, 5.74) is 3.86. The molecule has 2 rings (SSSR count). The fraction of sp³-hybridized carbons (Fsp3) is 0.462. The third-order valence-electron chi connectivity index (χ3n) is 3.04. The second-order valence-corrected chi connectivity index (χ2v) is 4.03. The van der Waals surface area contributed by atoms with E-state index in [1.165, 1.54) is 24.0 Å². The van der Waals surface area contributed by atoms with E-state index >= 15 is 0 Å². The second-order valence-electron chi connectivity index (χ2n) is 4.03. The fourth-order valence-corrected chi connectivity index (χ4v) is 2.35. The zero-order chi connectivity index (χ0) is 11.4. The van der Waals surface area contributed by atoms with Gasteiger partial charge in [0.05, 0.1) is 12.8 Å². The van der Waals surface area contributed by atoms with Crippen molar-refractivity contribution in [3.05, 3.63) is 28.8 Å². The van der Waals surface area contributed by atoms with Gasteiger partial charge >= 0.3 is 0 Å². The molecule has 0 spiro atoms. The lowest BCUT2D eigenvalue weighted by molar-refractivity contribution is 0.334. The van der Waals surface area contributed by atoms with Gasteiger partial charge < -0.3 is 10.6 Å². The van der Waals surface area contributed by atoms with Gasteiger partial charge in [0.2, 0.25) is 0 Å². The maximum Gasteiger partial charge on any atom is 0.122 e. The molecule has 3 nitrogen and oxygen atoms in total. The van der Waals surface area contributed by atoms with Crippen LogP contribution in [-0.2, 0) is 12.8 Å². The van der Waals surface area contributed by atoms with Gasteiger partial charge in [-0.2, -0.15) is 5.10 Å². The molecule has 0 aromatic heterocycles. The Balaban J connectivity index is 2.45. The van der Waals surface area contributed by atoms with Gasteiger partial charge in [0.1, 0.15) is 5.75 Å². The molecule has 1 aromatic rings. The second kappa shape index (κ2) is 5.01. The third-order valence-corrected chi connectivity index (χ3v) is 3.04. The molecule has 3 heteroatoms. The van der Waals surface area contributed by atoms with Crippen molar-refractivity contribution in [2.24, 2.45) is 10.9 Å². The van der Waals surface area contributed by atoms with E-state index in [1.807, 2.05) is 19.1 Å². The molecule has 0 radical (unpaired) electrons. The normalized spacial score (nSPS) is 15.1. The molecule has 0 amide bonds. The quantitative estimate of drug-likeness (QED) is 0.480. The molecule has 1 aromatic carbocycles. The first-order valence-corrected chi connectivity index (χ1v) is 5.87. The molecule has 1 aliphatic carbocycles. The Morgan fingerprint density at radius 1 is 1.31 bits per heavy atom. The van der Waals surface area contributed by atoms with Crippen LogP contribution in [0.25, 0.3) is 0 Å². The Morgan fingerprint density at radius 3 is 2.75 bits per heavy atom. The highest BCUT2D eigenvalue weighted by Crippen LogP contribution is 2.31. The number of fused-ring (bicyclic) bond motifs is 1. The molecular formula is C13H18N2O. The fourth-order valence-electron chi connectivity index (χ4n) is 2.35. The summed E-state index contributed by atoms with van der Waals surface area (Å²) in [5, 5.41) is 3.62. The molecule has 16 heavy (non-hydrogen) atoms. The number of hydrogen-bond donors (Lipinski definition) is 1. The van der Waals surface area contributed by atoms with Crippen molar-refractivity contribution in [1.29, 1.82) is 0 Å². The Kier molecular flexibility index (Phi) is 3.44. The molecule has 2 N–H and O–H groups in total. The Morgan fingerprint density at radius 2 is 2.06 bits per heavy atom. The van der Waals surface area contributed by atoms with Crippen LogP contribution in [0.1, 0.15) is 36.5 Å². The summed E-state index contributed by atoms with van der Waals surface area (Å²) in [6.45, 7) is 2.74. The summed E-state index contributed by atoms with van der Waals surface area (Å²) in [6.07, 6.45) is 6.44. The highest BCUT2D eigenvalue weighted by molar-refractivity contribution is 5.83. The number of hydrogen-bond acceptors (Lipinski definition) is 3. The lowest BCUT2D eigenvalue weighted by Gasteiger charge is -2.21. The van der Waals surface area contributed by atoms with Crippen LogP contribution in [0.2, 0.25) is 0 Å². The Labute approximate surface area is 96.3 Å². The molecule has 1 aliphatic rings. The number of nitrogens with two attached hydrogens (primary N) is 1. The zero-order valence-electron chi connectivity index (χ0n) is 9.70. The smallest absolute Gasteiger partial charge is 0.122 e. The van der Waals surface area contributed by atoms with Crippen molar-refractivity contribution in [2.45, 2.75) is 32.6 Å². The number of ether oxygens (including phenoxy) is 1. The largest absolute Gasteiger partial charge is 0.494 e. The van der Waals surface area contributed by atoms with Gasteiger partial charge in [0.15, 0.2) is 0 Å². The summed E-state index contributed by atoms with van der Waals surface area (Å²) in [4.78, 5) is 0. The lowest BCUT2D eigenvalue weighted by Crippen LogP contribution is -2.09. The maximum absolute atomic E-state index is 5.66. The summed E-state index contributed by atoms with van der Waals surface area (Å²) in [6, 6.07) is 4.08. The first-order valence-electron chi connectivity index (χ1n) is 5.87. The van der Waals surface area contributed by atoms with E-state index in [2.05, 4.69) is 5.10 Å². The summed E-state index contributed by atoms with van der Waals surface area (Å²) < 4.78 is 5.66. The molecule has 0 atom stereocenters. The molecule has 0 fully saturated rings.